The molecule has 0 spiro atoms. The van der Waals surface area contributed by atoms with Crippen LogP contribution in [0, 0.1) is 0 Å². The van der Waals surface area contributed by atoms with Crippen molar-refractivity contribution in [2.45, 2.75) is 6.92 Å². The summed E-state index contributed by atoms with van der Waals surface area (Å²) in [6.07, 6.45) is 8.06. The molecule has 2 aromatic heterocycles. The van der Waals surface area contributed by atoms with Crippen molar-refractivity contribution in [3.8, 4) is 51.0 Å². The maximum Gasteiger partial charge on any atom is 0.164 e. The minimum atomic E-state index is 0.601. The molecule has 0 aliphatic heterocycles. The second kappa shape index (κ2) is 17.3. The Bertz CT molecular complexity index is 3200. The lowest BCUT2D eigenvalue weighted by molar-refractivity contribution is 1.08. The van der Waals surface area contributed by atoms with Gasteiger partial charge in [-0.15, -0.1) is 0 Å². The molecule has 8 aromatic carbocycles. The molecule has 0 N–H and O–H groups in total. The van der Waals surface area contributed by atoms with Crippen LogP contribution < -0.4 is 4.90 Å². The molecule has 10 aromatic rings. The fourth-order valence-corrected chi connectivity index (χ4v) is 8.46. The van der Waals surface area contributed by atoms with Crippen molar-refractivity contribution in [2.24, 2.45) is 0 Å². The van der Waals surface area contributed by atoms with Crippen molar-refractivity contribution in [1.29, 1.82) is 0 Å². The van der Waals surface area contributed by atoms with Crippen LogP contribution >= 0.6 is 0 Å². The highest BCUT2D eigenvalue weighted by Crippen LogP contribution is 2.47. The highest BCUT2D eigenvalue weighted by Gasteiger charge is 2.25. The molecular weight excluding hydrogens is 767 g/mol. The van der Waals surface area contributed by atoms with Crippen LogP contribution in [0.5, 0.6) is 0 Å². The molecule has 5 heteroatoms. The highest BCUT2D eigenvalue weighted by atomic mass is 15.1. The van der Waals surface area contributed by atoms with Gasteiger partial charge in [0.2, 0.25) is 0 Å². The van der Waals surface area contributed by atoms with E-state index in [1.807, 2.05) is 55.5 Å². The lowest BCUT2D eigenvalue weighted by atomic mass is 10.0. The van der Waals surface area contributed by atoms with Gasteiger partial charge in [0.25, 0.3) is 0 Å². The molecular formula is C58H43N5. The summed E-state index contributed by atoms with van der Waals surface area (Å²) in [4.78, 5) is 17.9. The Morgan fingerprint density at radius 3 is 1.54 bits per heavy atom. The van der Waals surface area contributed by atoms with Crippen LogP contribution in [0.4, 0.5) is 17.1 Å². The molecule has 0 fully saturated rings. The number of benzene rings is 8. The lowest BCUT2D eigenvalue weighted by Crippen LogP contribution is -2.10. The predicted octanol–water partition coefficient (Wildman–Crippen LogP) is 15.3. The van der Waals surface area contributed by atoms with Crippen molar-refractivity contribution in [2.75, 3.05) is 4.90 Å². The SMILES string of the molecule is C=CC=C(C=CC)c1ccc(N(c2ccc(-c3ccccc3)cc2)c2cccc3c2c2c(-c4nc(-c5ccccc5)nc(-c5ccccc5)n4)cccc2n3-c2ccccc2)cc1. The number of nitrogens with zero attached hydrogens (tertiary/aromatic N) is 5. The van der Waals surface area contributed by atoms with E-state index in [4.69, 9.17) is 15.0 Å². The van der Waals surface area contributed by atoms with Gasteiger partial charge < -0.3 is 9.47 Å². The summed E-state index contributed by atoms with van der Waals surface area (Å²) in [5, 5.41) is 2.12. The summed E-state index contributed by atoms with van der Waals surface area (Å²) in [7, 11) is 0. The van der Waals surface area contributed by atoms with Gasteiger partial charge >= 0.3 is 0 Å². The molecule has 5 nitrogen and oxygen atoms in total. The number of hydrogen-bond donors (Lipinski definition) is 0. The first-order chi connectivity index (χ1) is 31.2. The van der Waals surface area contributed by atoms with E-state index in [9.17, 15) is 0 Å². The standard InChI is InChI=1S/C58H43N5/c1-3-19-41(20-4-2)43-33-37-48(38-34-43)62(49-39-35-44(36-40-49)42-21-9-5-10-22-42)52-31-18-32-53-55(52)54-50(29-17-30-51(54)63(53)47-27-15-8-16-28-47)58-60-56(45-23-11-6-12-24-45)59-57(61-58)46-25-13-7-14-26-46/h3-40H,1H2,2H3. The molecule has 0 saturated heterocycles. The van der Waals surface area contributed by atoms with Crippen LogP contribution in [0.2, 0.25) is 0 Å². The van der Waals surface area contributed by atoms with Crippen molar-refractivity contribution in [3.63, 3.8) is 0 Å². The van der Waals surface area contributed by atoms with E-state index in [1.165, 1.54) is 5.56 Å². The van der Waals surface area contributed by atoms with E-state index >= 15 is 0 Å². The van der Waals surface area contributed by atoms with Gasteiger partial charge in [0, 0.05) is 44.5 Å². The molecule has 0 amide bonds. The van der Waals surface area contributed by atoms with Gasteiger partial charge in [-0.2, -0.15) is 0 Å². The van der Waals surface area contributed by atoms with Crippen molar-refractivity contribution in [3.05, 3.63) is 243 Å². The van der Waals surface area contributed by atoms with Crippen molar-refractivity contribution >= 4 is 44.4 Å². The molecule has 10 rings (SSSR count). The van der Waals surface area contributed by atoms with Gasteiger partial charge in [-0.3, -0.25) is 0 Å². The Kier molecular flexibility index (Phi) is 10.6. The Morgan fingerprint density at radius 2 is 0.968 bits per heavy atom. The van der Waals surface area contributed by atoms with Gasteiger partial charge in [0.05, 0.1) is 16.7 Å². The lowest BCUT2D eigenvalue weighted by Gasteiger charge is -2.27. The van der Waals surface area contributed by atoms with Crippen LogP contribution in [-0.4, -0.2) is 19.5 Å². The molecule has 0 saturated carbocycles. The van der Waals surface area contributed by atoms with Crippen LogP contribution in [0.1, 0.15) is 12.5 Å². The zero-order valence-corrected chi connectivity index (χ0v) is 34.9. The van der Waals surface area contributed by atoms with E-state index in [1.54, 1.807) is 0 Å². The molecule has 0 aliphatic carbocycles. The molecule has 0 aliphatic rings. The van der Waals surface area contributed by atoms with Crippen molar-refractivity contribution in [1.82, 2.24) is 19.5 Å². The monoisotopic (exact) mass is 809 g/mol. The summed E-state index contributed by atoms with van der Waals surface area (Å²) >= 11 is 0. The fourth-order valence-electron chi connectivity index (χ4n) is 8.46. The minimum absolute atomic E-state index is 0.601. The quantitative estimate of drug-likeness (QED) is 0.122. The fraction of sp³-hybridized carbons (Fsp3) is 0.0172. The van der Waals surface area contributed by atoms with Gasteiger partial charge in [-0.25, -0.2) is 15.0 Å². The first-order valence-electron chi connectivity index (χ1n) is 21.2. The molecule has 0 atom stereocenters. The number of para-hydroxylation sites is 1. The highest BCUT2D eigenvalue weighted by molar-refractivity contribution is 6.21. The number of allylic oxidation sites excluding steroid dienone is 5. The Morgan fingerprint density at radius 1 is 0.476 bits per heavy atom. The van der Waals surface area contributed by atoms with Crippen LogP contribution in [-0.2, 0) is 0 Å². The second-order valence-electron chi connectivity index (χ2n) is 15.2. The molecule has 0 radical (unpaired) electrons. The zero-order chi connectivity index (χ0) is 42.5. The predicted molar refractivity (Wildman–Crippen MR) is 264 cm³/mol. The summed E-state index contributed by atoms with van der Waals surface area (Å²) in [6.45, 7) is 6.01. The zero-order valence-electron chi connectivity index (χ0n) is 34.9. The largest absolute Gasteiger partial charge is 0.310 e. The van der Waals surface area contributed by atoms with Gasteiger partial charge in [0.1, 0.15) is 0 Å². The average Bonchev–Trinajstić information content (AvgIpc) is 3.71. The topological polar surface area (TPSA) is 46.8 Å². The first kappa shape index (κ1) is 38.8. The Balaban J connectivity index is 1.27. The van der Waals surface area contributed by atoms with Crippen molar-refractivity contribution < 1.29 is 0 Å². The molecule has 0 bridgehead atoms. The maximum absolute atomic E-state index is 5.26. The summed E-state index contributed by atoms with van der Waals surface area (Å²) in [6, 6.07) is 72.1. The summed E-state index contributed by atoms with van der Waals surface area (Å²) < 4.78 is 2.36. The third-order valence-corrected chi connectivity index (χ3v) is 11.3. The van der Waals surface area contributed by atoms with E-state index in [0.29, 0.717) is 17.5 Å². The van der Waals surface area contributed by atoms with E-state index in [-0.39, 0.29) is 0 Å². The molecule has 0 unspecified atom stereocenters. The summed E-state index contributed by atoms with van der Waals surface area (Å²) in [5.41, 5.74) is 13.5. The number of rotatable bonds is 11. The number of aromatic nitrogens is 4. The smallest absolute Gasteiger partial charge is 0.164 e. The number of fused-ring (bicyclic) bond motifs is 3. The van der Waals surface area contributed by atoms with E-state index in [2.05, 4.69) is 198 Å². The Hall–Kier alpha value is -8.41. The third-order valence-electron chi connectivity index (χ3n) is 11.3. The Labute approximate surface area is 368 Å². The van der Waals surface area contributed by atoms with Crippen LogP contribution in [0.3, 0.4) is 0 Å². The normalized spacial score (nSPS) is 11.7. The van der Waals surface area contributed by atoms with Gasteiger partial charge in [0.15, 0.2) is 17.5 Å². The molecule has 63 heavy (non-hydrogen) atoms. The number of hydrogen-bond acceptors (Lipinski definition) is 4. The van der Waals surface area contributed by atoms with E-state index in [0.717, 1.165) is 77.9 Å². The maximum atomic E-state index is 5.26. The molecule has 2 heterocycles. The average molecular weight is 810 g/mol. The van der Waals surface area contributed by atoms with Crippen LogP contribution in [0.15, 0.2) is 237 Å². The minimum Gasteiger partial charge on any atom is -0.310 e. The molecule has 300 valence electrons. The third kappa shape index (κ3) is 7.53. The summed E-state index contributed by atoms with van der Waals surface area (Å²) in [5.74, 6) is 1.84. The second-order valence-corrected chi connectivity index (χ2v) is 15.2. The van der Waals surface area contributed by atoms with Gasteiger partial charge in [-0.05, 0) is 83.8 Å². The van der Waals surface area contributed by atoms with E-state index < -0.39 is 0 Å². The van der Waals surface area contributed by atoms with Crippen LogP contribution in [0.25, 0.3) is 78.4 Å². The van der Waals surface area contributed by atoms with Gasteiger partial charge in [-0.1, -0.05) is 183 Å². The first-order valence-corrected chi connectivity index (χ1v) is 21.2. The number of anilines is 3.